The fourth-order valence-electron chi connectivity index (χ4n) is 2.40. The lowest BCUT2D eigenvalue weighted by Crippen LogP contribution is -2.47. The summed E-state index contributed by atoms with van der Waals surface area (Å²) in [5, 5.41) is 3.06. The van der Waals surface area contributed by atoms with Gasteiger partial charge in [0.25, 0.3) is 0 Å². The number of guanidine groups is 1. The molecule has 0 aromatic rings. The standard InChI is InChI=1S/C15H28F3N3O2.HI/c1-3-19-14(20-8-7-15(16,17)18)21-9-5-13(6-10-21)23-12-4-11-22-2;/h13H,3-12H2,1-2H3,(H,19,20);1H. The number of nitrogens with one attached hydrogen (secondary N) is 1. The van der Waals surface area contributed by atoms with E-state index < -0.39 is 12.6 Å². The fraction of sp³-hybridized carbons (Fsp3) is 0.933. The highest BCUT2D eigenvalue weighted by Crippen LogP contribution is 2.19. The minimum absolute atomic E-state index is 0. The molecule has 144 valence electrons. The molecular formula is C15H29F3IN3O2. The number of likely N-dealkylation sites (tertiary alicyclic amines) is 1. The second-order valence-corrected chi connectivity index (χ2v) is 5.50. The molecule has 0 spiro atoms. The zero-order valence-electron chi connectivity index (χ0n) is 14.4. The van der Waals surface area contributed by atoms with E-state index in [1.54, 1.807) is 7.11 Å². The second kappa shape index (κ2) is 13.0. The number of piperidine rings is 1. The number of rotatable bonds is 8. The summed E-state index contributed by atoms with van der Waals surface area (Å²) in [6.45, 7) is 5.16. The molecule has 1 saturated heterocycles. The summed E-state index contributed by atoms with van der Waals surface area (Å²) >= 11 is 0. The molecule has 1 aliphatic rings. The maximum absolute atomic E-state index is 12.2. The highest BCUT2D eigenvalue weighted by atomic mass is 127. The van der Waals surface area contributed by atoms with Gasteiger partial charge in [-0.05, 0) is 26.2 Å². The molecule has 1 heterocycles. The van der Waals surface area contributed by atoms with Gasteiger partial charge in [-0.1, -0.05) is 0 Å². The van der Waals surface area contributed by atoms with Crippen molar-refractivity contribution in [3.63, 3.8) is 0 Å². The van der Waals surface area contributed by atoms with Gasteiger partial charge in [0.15, 0.2) is 5.96 Å². The zero-order valence-corrected chi connectivity index (χ0v) is 16.7. The van der Waals surface area contributed by atoms with Crippen LogP contribution in [0.3, 0.4) is 0 Å². The average molecular weight is 467 g/mol. The number of halogens is 4. The van der Waals surface area contributed by atoms with Crippen LogP contribution in [0.25, 0.3) is 0 Å². The van der Waals surface area contributed by atoms with Crippen LogP contribution in [0.4, 0.5) is 13.2 Å². The van der Waals surface area contributed by atoms with Crippen LogP contribution in [-0.4, -0.2) is 69.6 Å². The van der Waals surface area contributed by atoms with Gasteiger partial charge < -0.3 is 19.7 Å². The molecule has 24 heavy (non-hydrogen) atoms. The van der Waals surface area contributed by atoms with Gasteiger partial charge in [0, 0.05) is 40.0 Å². The van der Waals surface area contributed by atoms with Crippen molar-refractivity contribution in [1.29, 1.82) is 0 Å². The number of hydrogen-bond acceptors (Lipinski definition) is 3. The summed E-state index contributed by atoms with van der Waals surface area (Å²) in [6, 6.07) is 0. The fourth-order valence-corrected chi connectivity index (χ4v) is 2.40. The first-order valence-corrected chi connectivity index (χ1v) is 8.16. The topological polar surface area (TPSA) is 46.1 Å². The quantitative estimate of drug-likeness (QED) is 0.258. The van der Waals surface area contributed by atoms with E-state index in [0.29, 0.717) is 25.7 Å². The Morgan fingerprint density at radius 3 is 2.46 bits per heavy atom. The van der Waals surface area contributed by atoms with Crippen LogP contribution in [0.1, 0.15) is 32.6 Å². The molecule has 1 fully saturated rings. The van der Waals surface area contributed by atoms with E-state index in [1.165, 1.54) is 0 Å². The summed E-state index contributed by atoms with van der Waals surface area (Å²) in [7, 11) is 1.67. The van der Waals surface area contributed by atoms with Gasteiger partial charge in [-0.2, -0.15) is 13.2 Å². The molecule has 0 atom stereocenters. The number of ether oxygens (including phenoxy) is 2. The van der Waals surface area contributed by atoms with Crippen LogP contribution in [0, 0.1) is 0 Å². The molecule has 0 bridgehead atoms. The Hall–Kier alpha value is -0.290. The largest absolute Gasteiger partial charge is 0.390 e. The van der Waals surface area contributed by atoms with Gasteiger partial charge in [-0.3, -0.25) is 4.99 Å². The molecule has 0 aromatic heterocycles. The summed E-state index contributed by atoms with van der Waals surface area (Å²) in [5.41, 5.74) is 0. The van der Waals surface area contributed by atoms with Crippen LogP contribution >= 0.6 is 24.0 Å². The van der Waals surface area contributed by atoms with E-state index in [0.717, 1.165) is 32.4 Å². The first kappa shape index (κ1) is 23.7. The second-order valence-electron chi connectivity index (χ2n) is 5.50. The molecule has 1 aliphatic heterocycles. The van der Waals surface area contributed by atoms with Gasteiger partial charge in [0.1, 0.15) is 0 Å². The minimum Gasteiger partial charge on any atom is -0.385 e. The molecular weight excluding hydrogens is 438 g/mol. The van der Waals surface area contributed by atoms with E-state index in [-0.39, 0.29) is 36.6 Å². The van der Waals surface area contributed by atoms with Crippen molar-refractivity contribution in [2.75, 3.05) is 46.5 Å². The van der Waals surface area contributed by atoms with E-state index in [2.05, 4.69) is 10.3 Å². The average Bonchev–Trinajstić information content (AvgIpc) is 2.50. The number of methoxy groups -OCH3 is 1. The van der Waals surface area contributed by atoms with E-state index in [1.807, 2.05) is 11.8 Å². The molecule has 0 aliphatic carbocycles. The molecule has 0 amide bonds. The van der Waals surface area contributed by atoms with Gasteiger partial charge in [-0.25, -0.2) is 0 Å². The van der Waals surface area contributed by atoms with Crippen molar-refractivity contribution in [2.45, 2.75) is 44.9 Å². The number of nitrogens with zero attached hydrogens (tertiary/aromatic N) is 2. The maximum Gasteiger partial charge on any atom is 0.390 e. The van der Waals surface area contributed by atoms with Crippen molar-refractivity contribution in [3.8, 4) is 0 Å². The minimum atomic E-state index is -4.16. The van der Waals surface area contributed by atoms with Crippen molar-refractivity contribution in [3.05, 3.63) is 0 Å². The predicted molar refractivity (Wildman–Crippen MR) is 99.1 cm³/mol. The Balaban J connectivity index is 0.00000529. The van der Waals surface area contributed by atoms with Gasteiger partial charge >= 0.3 is 6.18 Å². The van der Waals surface area contributed by atoms with Crippen LogP contribution in [0.2, 0.25) is 0 Å². The highest BCUT2D eigenvalue weighted by molar-refractivity contribution is 14.0. The van der Waals surface area contributed by atoms with Gasteiger partial charge in [0.2, 0.25) is 0 Å². The normalized spacial score (nSPS) is 16.9. The first-order chi connectivity index (χ1) is 11.0. The Morgan fingerprint density at radius 1 is 1.25 bits per heavy atom. The zero-order chi connectivity index (χ0) is 17.1. The molecule has 5 nitrogen and oxygen atoms in total. The summed E-state index contributed by atoms with van der Waals surface area (Å²) in [5.74, 6) is 0.564. The van der Waals surface area contributed by atoms with Crippen molar-refractivity contribution < 1.29 is 22.6 Å². The lowest BCUT2D eigenvalue weighted by molar-refractivity contribution is -0.132. The molecule has 9 heteroatoms. The SMILES string of the molecule is CCNC(=NCCC(F)(F)F)N1CCC(OCCCOC)CC1.I. The lowest BCUT2D eigenvalue weighted by atomic mass is 10.1. The smallest absolute Gasteiger partial charge is 0.385 e. The number of alkyl halides is 3. The van der Waals surface area contributed by atoms with Gasteiger partial charge in [0.05, 0.1) is 19.1 Å². The van der Waals surface area contributed by atoms with E-state index in [4.69, 9.17) is 9.47 Å². The van der Waals surface area contributed by atoms with Crippen LogP contribution in [0.15, 0.2) is 4.99 Å². The number of hydrogen-bond donors (Lipinski definition) is 1. The number of aliphatic imine (C=N–C) groups is 1. The predicted octanol–water partition coefficient (Wildman–Crippen LogP) is 3.04. The van der Waals surface area contributed by atoms with Gasteiger partial charge in [-0.15, -0.1) is 24.0 Å². The molecule has 1 rings (SSSR count). The third kappa shape index (κ3) is 10.5. The monoisotopic (exact) mass is 467 g/mol. The molecule has 1 N–H and O–H groups in total. The Labute approximate surface area is 159 Å². The van der Waals surface area contributed by atoms with Crippen molar-refractivity contribution in [1.82, 2.24) is 10.2 Å². The summed E-state index contributed by atoms with van der Waals surface area (Å²) in [6.07, 6.45) is -2.25. The molecule has 0 saturated carbocycles. The third-order valence-electron chi connectivity index (χ3n) is 3.58. The maximum atomic E-state index is 12.2. The summed E-state index contributed by atoms with van der Waals surface area (Å²) in [4.78, 5) is 6.10. The molecule has 0 radical (unpaired) electrons. The van der Waals surface area contributed by atoms with E-state index in [9.17, 15) is 13.2 Å². The third-order valence-corrected chi connectivity index (χ3v) is 3.58. The van der Waals surface area contributed by atoms with Crippen molar-refractivity contribution in [2.24, 2.45) is 4.99 Å². The highest BCUT2D eigenvalue weighted by Gasteiger charge is 2.27. The molecule has 0 aromatic carbocycles. The Kier molecular flexibility index (Phi) is 12.8. The van der Waals surface area contributed by atoms with Crippen LogP contribution < -0.4 is 5.32 Å². The first-order valence-electron chi connectivity index (χ1n) is 8.16. The van der Waals surface area contributed by atoms with Crippen LogP contribution in [-0.2, 0) is 9.47 Å². The Bertz CT molecular complexity index is 349. The van der Waals surface area contributed by atoms with Crippen molar-refractivity contribution >= 4 is 29.9 Å². The van der Waals surface area contributed by atoms with Crippen LogP contribution in [0.5, 0.6) is 0 Å². The molecule has 0 unspecified atom stereocenters. The van der Waals surface area contributed by atoms with E-state index >= 15 is 0 Å². The lowest BCUT2D eigenvalue weighted by Gasteiger charge is -2.34. The Morgan fingerprint density at radius 2 is 1.92 bits per heavy atom. The summed E-state index contributed by atoms with van der Waals surface area (Å²) < 4.78 is 47.4.